The summed E-state index contributed by atoms with van der Waals surface area (Å²) in [7, 11) is 0. The summed E-state index contributed by atoms with van der Waals surface area (Å²) in [5, 5.41) is 11.2. The largest absolute Gasteiger partial charge is 0.468 e. The number of rotatable bonds is 4. The van der Waals surface area contributed by atoms with Crippen molar-refractivity contribution in [1.29, 1.82) is 0 Å². The van der Waals surface area contributed by atoms with Crippen molar-refractivity contribution in [1.82, 2.24) is 20.3 Å². The average Bonchev–Trinajstić information content (AvgIpc) is 2.98. The lowest BCUT2D eigenvalue weighted by Crippen LogP contribution is -2.36. The summed E-state index contributed by atoms with van der Waals surface area (Å²) in [5.74, 6) is 0.933. The molecule has 2 aromatic rings. The Hall–Kier alpha value is -1.66. The number of nitrogens with one attached hydrogen (secondary N) is 1. The van der Waals surface area contributed by atoms with Crippen LogP contribution in [0, 0.1) is 0 Å². The van der Waals surface area contributed by atoms with Crippen molar-refractivity contribution >= 4 is 0 Å². The molecule has 2 aromatic heterocycles. The van der Waals surface area contributed by atoms with Crippen molar-refractivity contribution < 1.29 is 9.15 Å². The van der Waals surface area contributed by atoms with Gasteiger partial charge >= 0.3 is 0 Å². The quantitative estimate of drug-likeness (QED) is 0.837. The molecule has 17 heavy (non-hydrogen) atoms. The normalized spacial score (nSPS) is 19.2. The molecule has 3 heterocycles. The van der Waals surface area contributed by atoms with E-state index in [-0.39, 0.29) is 6.10 Å². The highest BCUT2D eigenvalue weighted by atomic mass is 16.5. The molecule has 0 saturated carbocycles. The van der Waals surface area contributed by atoms with Gasteiger partial charge in [-0.05, 0) is 12.1 Å². The Morgan fingerprint density at radius 3 is 3.41 bits per heavy atom. The van der Waals surface area contributed by atoms with E-state index in [1.54, 1.807) is 12.5 Å². The predicted molar refractivity (Wildman–Crippen MR) is 59.0 cm³/mol. The van der Waals surface area contributed by atoms with Gasteiger partial charge in [-0.15, -0.1) is 5.10 Å². The second-order valence-corrected chi connectivity index (χ2v) is 4.05. The first-order valence-corrected chi connectivity index (χ1v) is 5.64. The molecule has 0 saturated heterocycles. The third-order valence-electron chi connectivity index (χ3n) is 2.79. The molecule has 0 fully saturated rings. The molecule has 0 aliphatic carbocycles. The van der Waals surface area contributed by atoms with E-state index in [1.807, 2.05) is 16.8 Å². The monoisotopic (exact) mass is 234 g/mol. The zero-order chi connectivity index (χ0) is 11.5. The first kappa shape index (κ1) is 10.5. The summed E-state index contributed by atoms with van der Waals surface area (Å²) in [4.78, 5) is 0. The van der Waals surface area contributed by atoms with Gasteiger partial charge in [0, 0.05) is 6.54 Å². The van der Waals surface area contributed by atoms with Gasteiger partial charge in [-0.25, -0.2) is 4.68 Å². The van der Waals surface area contributed by atoms with E-state index in [0.29, 0.717) is 6.61 Å². The lowest BCUT2D eigenvalue weighted by atomic mass is 10.3. The maximum absolute atomic E-state index is 5.69. The molecular formula is C11H14N4O2. The summed E-state index contributed by atoms with van der Waals surface area (Å²) in [6.07, 6.45) is 3.56. The van der Waals surface area contributed by atoms with Crippen LogP contribution in [0.4, 0.5) is 0 Å². The van der Waals surface area contributed by atoms with Crippen LogP contribution in [0.1, 0.15) is 11.5 Å². The van der Waals surface area contributed by atoms with Gasteiger partial charge in [0.15, 0.2) is 0 Å². The Morgan fingerprint density at radius 1 is 1.53 bits per heavy atom. The molecule has 0 amide bonds. The molecule has 1 unspecified atom stereocenters. The highest BCUT2D eigenvalue weighted by Gasteiger charge is 2.19. The van der Waals surface area contributed by atoms with Crippen LogP contribution in [0.3, 0.4) is 0 Å². The molecule has 1 N–H and O–H groups in total. The molecule has 6 nitrogen and oxygen atoms in total. The van der Waals surface area contributed by atoms with Crippen LogP contribution < -0.4 is 5.32 Å². The Labute approximate surface area is 98.6 Å². The number of aromatic nitrogens is 3. The van der Waals surface area contributed by atoms with Gasteiger partial charge in [-0.2, -0.15) is 0 Å². The molecule has 0 aromatic carbocycles. The highest BCUT2D eigenvalue weighted by molar-refractivity contribution is 4.98. The molecule has 0 spiro atoms. The van der Waals surface area contributed by atoms with Crippen molar-refractivity contribution in [3.8, 4) is 0 Å². The highest BCUT2D eigenvalue weighted by Crippen LogP contribution is 2.10. The molecule has 6 heteroatoms. The first-order valence-electron chi connectivity index (χ1n) is 5.64. The number of ether oxygens (including phenoxy) is 1. The van der Waals surface area contributed by atoms with Gasteiger partial charge in [-0.1, -0.05) is 5.21 Å². The summed E-state index contributed by atoms with van der Waals surface area (Å²) < 4.78 is 12.8. The van der Waals surface area contributed by atoms with Crippen molar-refractivity contribution in [2.75, 3.05) is 6.54 Å². The van der Waals surface area contributed by atoms with E-state index >= 15 is 0 Å². The maximum atomic E-state index is 5.69. The molecule has 90 valence electrons. The van der Waals surface area contributed by atoms with E-state index in [9.17, 15) is 0 Å². The Kier molecular flexibility index (Phi) is 2.89. The number of nitrogens with zero attached hydrogens (tertiary/aromatic N) is 3. The van der Waals surface area contributed by atoms with Crippen LogP contribution in [-0.2, 0) is 24.4 Å². The van der Waals surface area contributed by atoms with E-state index in [2.05, 4.69) is 15.6 Å². The molecule has 1 aliphatic rings. The SMILES string of the molecule is c1coc(CNCC2Cn3nncc3CO2)c1. The number of hydrogen-bond acceptors (Lipinski definition) is 5. The fourth-order valence-electron chi connectivity index (χ4n) is 1.89. The summed E-state index contributed by atoms with van der Waals surface area (Å²) in [5.41, 5.74) is 1.03. The second-order valence-electron chi connectivity index (χ2n) is 4.05. The first-order chi connectivity index (χ1) is 8.42. The van der Waals surface area contributed by atoms with Crippen LogP contribution in [0.25, 0.3) is 0 Å². The van der Waals surface area contributed by atoms with Crippen molar-refractivity contribution in [2.45, 2.75) is 25.8 Å². The lowest BCUT2D eigenvalue weighted by molar-refractivity contribution is 0.000791. The number of hydrogen-bond donors (Lipinski definition) is 1. The van der Waals surface area contributed by atoms with E-state index in [0.717, 1.165) is 31.1 Å². The minimum atomic E-state index is 0.138. The Morgan fingerprint density at radius 2 is 2.53 bits per heavy atom. The van der Waals surface area contributed by atoms with Gasteiger partial charge in [0.05, 0.1) is 44.0 Å². The molecule has 1 aliphatic heterocycles. The number of furan rings is 1. The van der Waals surface area contributed by atoms with Gasteiger partial charge < -0.3 is 14.5 Å². The maximum Gasteiger partial charge on any atom is 0.117 e. The van der Waals surface area contributed by atoms with Crippen molar-refractivity contribution in [3.63, 3.8) is 0 Å². The number of fused-ring (bicyclic) bond motifs is 1. The van der Waals surface area contributed by atoms with Gasteiger partial charge in [0.2, 0.25) is 0 Å². The lowest BCUT2D eigenvalue weighted by Gasteiger charge is -2.23. The molecule has 3 rings (SSSR count). The van der Waals surface area contributed by atoms with Crippen LogP contribution >= 0.6 is 0 Å². The van der Waals surface area contributed by atoms with Crippen molar-refractivity contribution in [3.05, 3.63) is 36.0 Å². The van der Waals surface area contributed by atoms with E-state index < -0.39 is 0 Å². The van der Waals surface area contributed by atoms with E-state index in [1.165, 1.54) is 0 Å². The van der Waals surface area contributed by atoms with Crippen molar-refractivity contribution in [2.24, 2.45) is 0 Å². The average molecular weight is 234 g/mol. The van der Waals surface area contributed by atoms with Gasteiger partial charge in [0.25, 0.3) is 0 Å². The van der Waals surface area contributed by atoms with E-state index in [4.69, 9.17) is 9.15 Å². The van der Waals surface area contributed by atoms with Gasteiger partial charge in [0.1, 0.15) is 5.76 Å². The second kappa shape index (κ2) is 4.68. The Bertz CT molecular complexity index is 466. The summed E-state index contributed by atoms with van der Waals surface area (Å²) in [6.45, 7) is 2.83. The Balaban J connectivity index is 1.48. The minimum absolute atomic E-state index is 0.138. The predicted octanol–water partition coefficient (Wildman–Crippen LogP) is 0.560. The molecule has 1 atom stereocenters. The third kappa shape index (κ3) is 2.37. The summed E-state index contributed by atoms with van der Waals surface area (Å²) in [6, 6.07) is 3.83. The topological polar surface area (TPSA) is 65.1 Å². The molecule has 0 bridgehead atoms. The minimum Gasteiger partial charge on any atom is -0.468 e. The molecule has 0 radical (unpaired) electrons. The smallest absolute Gasteiger partial charge is 0.117 e. The van der Waals surface area contributed by atoms with Gasteiger partial charge in [-0.3, -0.25) is 0 Å². The third-order valence-corrected chi connectivity index (χ3v) is 2.79. The van der Waals surface area contributed by atoms with Crippen LogP contribution in [-0.4, -0.2) is 27.6 Å². The molecular weight excluding hydrogens is 220 g/mol. The zero-order valence-electron chi connectivity index (χ0n) is 9.37. The van der Waals surface area contributed by atoms with Crippen LogP contribution in [0.5, 0.6) is 0 Å². The standard InChI is InChI=1S/C11H14N4O2/c1-2-10(16-3-1)5-12-6-11-7-15-9(8-17-11)4-13-14-15/h1-4,11-12H,5-8H2. The van der Waals surface area contributed by atoms with Crippen LogP contribution in [0.2, 0.25) is 0 Å². The fourth-order valence-corrected chi connectivity index (χ4v) is 1.89. The summed E-state index contributed by atoms with van der Waals surface area (Å²) >= 11 is 0. The zero-order valence-corrected chi connectivity index (χ0v) is 9.37. The fraction of sp³-hybridized carbons (Fsp3) is 0.455. The van der Waals surface area contributed by atoms with Crippen LogP contribution in [0.15, 0.2) is 29.0 Å².